The zero-order valence-corrected chi connectivity index (χ0v) is 17.0. The Morgan fingerprint density at radius 1 is 1.00 bits per heavy atom. The van der Waals surface area contributed by atoms with Crippen molar-refractivity contribution in [1.29, 1.82) is 0 Å². The van der Waals surface area contributed by atoms with E-state index in [0.717, 1.165) is 18.3 Å². The predicted octanol–water partition coefficient (Wildman–Crippen LogP) is 4.67. The summed E-state index contributed by atoms with van der Waals surface area (Å²) in [5, 5.41) is 0. The molecule has 5 saturated carbocycles. The van der Waals surface area contributed by atoms with Crippen molar-refractivity contribution in [2.45, 2.75) is 83.8 Å². The van der Waals surface area contributed by atoms with Crippen LogP contribution in [0.5, 0.6) is 0 Å². The SMILES string of the molecule is C=C(C)C(=O)OC1CC(C(=O)OC2(CC(C)C)C3CC4CC(C3)CC2C4)C1. The second-order valence-electron chi connectivity index (χ2n) is 10.3. The summed E-state index contributed by atoms with van der Waals surface area (Å²) in [6, 6.07) is 0. The zero-order valence-electron chi connectivity index (χ0n) is 17.0. The van der Waals surface area contributed by atoms with E-state index in [2.05, 4.69) is 20.4 Å². The molecule has 0 aliphatic heterocycles. The molecule has 0 radical (unpaired) electrons. The number of carbonyl (C=O) groups excluding carboxylic acids is 2. The van der Waals surface area contributed by atoms with E-state index in [1.807, 2.05) is 0 Å². The van der Waals surface area contributed by atoms with Gasteiger partial charge in [-0.25, -0.2) is 4.79 Å². The van der Waals surface area contributed by atoms with Crippen molar-refractivity contribution < 1.29 is 19.1 Å². The van der Waals surface area contributed by atoms with E-state index in [1.54, 1.807) is 6.92 Å². The number of hydrogen-bond acceptors (Lipinski definition) is 4. The first-order valence-corrected chi connectivity index (χ1v) is 10.9. The molecular formula is C23H34O4. The van der Waals surface area contributed by atoms with Crippen LogP contribution in [0.4, 0.5) is 0 Å². The highest BCUT2D eigenvalue weighted by atomic mass is 16.6. The lowest BCUT2D eigenvalue weighted by Crippen LogP contribution is -2.61. The third-order valence-electron chi connectivity index (χ3n) is 7.59. The highest BCUT2D eigenvalue weighted by molar-refractivity contribution is 5.87. The van der Waals surface area contributed by atoms with Crippen molar-refractivity contribution in [2.75, 3.05) is 0 Å². The van der Waals surface area contributed by atoms with Crippen molar-refractivity contribution in [3.8, 4) is 0 Å². The Kier molecular flexibility index (Phi) is 4.88. The lowest BCUT2D eigenvalue weighted by Gasteiger charge is -2.61. The third kappa shape index (κ3) is 3.45. The minimum absolute atomic E-state index is 0.0502. The lowest BCUT2D eigenvalue weighted by molar-refractivity contribution is -0.223. The summed E-state index contributed by atoms with van der Waals surface area (Å²) in [5.41, 5.74) is 0.170. The number of hydrogen-bond donors (Lipinski definition) is 0. The topological polar surface area (TPSA) is 52.6 Å². The molecule has 5 aliphatic carbocycles. The molecule has 4 heteroatoms. The van der Waals surface area contributed by atoms with E-state index < -0.39 is 0 Å². The molecule has 5 fully saturated rings. The minimum Gasteiger partial charge on any atom is -0.459 e. The molecule has 150 valence electrons. The summed E-state index contributed by atoms with van der Waals surface area (Å²) in [6.07, 6.45) is 8.41. The van der Waals surface area contributed by atoms with Crippen LogP contribution in [0.3, 0.4) is 0 Å². The molecule has 5 aliphatic rings. The summed E-state index contributed by atoms with van der Waals surface area (Å²) in [5.74, 6) is 2.83. The van der Waals surface area contributed by atoms with Gasteiger partial charge in [0.15, 0.2) is 0 Å². The van der Waals surface area contributed by atoms with Crippen LogP contribution < -0.4 is 0 Å². The van der Waals surface area contributed by atoms with Gasteiger partial charge in [-0.05, 0) is 87.9 Å². The lowest BCUT2D eigenvalue weighted by atomic mass is 9.48. The fourth-order valence-corrected chi connectivity index (χ4v) is 6.54. The van der Waals surface area contributed by atoms with Gasteiger partial charge in [0, 0.05) is 5.57 Å². The molecule has 4 nitrogen and oxygen atoms in total. The summed E-state index contributed by atoms with van der Waals surface area (Å²) < 4.78 is 11.8. The summed E-state index contributed by atoms with van der Waals surface area (Å²) in [7, 11) is 0. The quantitative estimate of drug-likeness (QED) is 0.501. The van der Waals surface area contributed by atoms with Gasteiger partial charge in [-0.15, -0.1) is 0 Å². The normalized spacial score (nSPS) is 41.9. The van der Waals surface area contributed by atoms with Gasteiger partial charge in [-0.3, -0.25) is 4.79 Å². The molecule has 0 N–H and O–H groups in total. The first kappa shape index (κ1) is 19.0. The second kappa shape index (κ2) is 6.93. The van der Waals surface area contributed by atoms with Crippen LogP contribution in [0, 0.1) is 35.5 Å². The molecule has 4 bridgehead atoms. The van der Waals surface area contributed by atoms with E-state index in [0.29, 0.717) is 36.2 Å². The molecule has 0 aromatic heterocycles. The van der Waals surface area contributed by atoms with Crippen LogP contribution in [-0.4, -0.2) is 23.6 Å². The van der Waals surface area contributed by atoms with E-state index in [-0.39, 0.29) is 29.6 Å². The summed E-state index contributed by atoms with van der Waals surface area (Å²) in [6.45, 7) is 9.75. The van der Waals surface area contributed by atoms with E-state index in [1.165, 1.54) is 32.1 Å². The molecular weight excluding hydrogens is 340 g/mol. The Hall–Kier alpha value is -1.32. The number of esters is 2. The van der Waals surface area contributed by atoms with Crippen molar-refractivity contribution in [3.05, 3.63) is 12.2 Å². The Bertz CT molecular complexity index is 600. The first-order valence-electron chi connectivity index (χ1n) is 10.9. The maximum atomic E-state index is 13.0. The van der Waals surface area contributed by atoms with Gasteiger partial charge in [0.2, 0.25) is 0 Å². The van der Waals surface area contributed by atoms with Crippen LogP contribution in [0.25, 0.3) is 0 Å². The Labute approximate surface area is 163 Å². The van der Waals surface area contributed by atoms with Crippen LogP contribution >= 0.6 is 0 Å². The molecule has 0 atom stereocenters. The number of carbonyl (C=O) groups is 2. The van der Waals surface area contributed by atoms with E-state index in [9.17, 15) is 9.59 Å². The van der Waals surface area contributed by atoms with Gasteiger partial charge in [-0.1, -0.05) is 20.4 Å². The van der Waals surface area contributed by atoms with Crippen LogP contribution in [0.2, 0.25) is 0 Å². The van der Waals surface area contributed by atoms with Crippen molar-refractivity contribution in [3.63, 3.8) is 0 Å². The molecule has 0 unspecified atom stereocenters. The fourth-order valence-electron chi connectivity index (χ4n) is 6.54. The molecule has 0 spiro atoms. The molecule has 0 aromatic carbocycles. The number of rotatable bonds is 6. The van der Waals surface area contributed by atoms with Crippen molar-refractivity contribution in [1.82, 2.24) is 0 Å². The van der Waals surface area contributed by atoms with Crippen LogP contribution in [0.1, 0.15) is 72.1 Å². The molecule has 0 saturated heterocycles. The average molecular weight is 375 g/mol. The van der Waals surface area contributed by atoms with Gasteiger partial charge in [-0.2, -0.15) is 0 Å². The van der Waals surface area contributed by atoms with Gasteiger partial charge in [0.1, 0.15) is 11.7 Å². The molecule has 27 heavy (non-hydrogen) atoms. The van der Waals surface area contributed by atoms with Gasteiger partial charge < -0.3 is 9.47 Å². The van der Waals surface area contributed by atoms with E-state index in [4.69, 9.17) is 9.47 Å². The maximum Gasteiger partial charge on any atom is 0.333 e. The molecule has 5 rings (SSSR count). The predicted molar refractivity (Wildman–Crippen MR) is 103 cm³/mol. The van der Waals surface area contributed by atoms with Crippen LogP contribution in [0.15, 0.2) is 12.2 Å². The summed E-state index contributed by atoms with van der Waals surface area (Å²) in [4.78, 5) is 24.6. The van der Waals surface area contributed by atoms with E-state index >= 15 is 0 Å². The first-order chi connectivity index (χ1) is 12.8. The van der Waals surface area contributed by atoms with Crippen LogP contribution in [-0.2, 0) is 19.1 Å². The van der Waals surface area contributed by atoms with Gasteiger partial charge in [0.25, 0.3) is 0 Å². The Morgan fingerprint density at radius 3 is 2.04 bits per heavy atom. The fraction of sp³-hybridized carbons (Fsp3) is 0.826. The third-order valence-corrected chi connectivity index (χ3v) is 7.59. The largest absolute Gasteiger partial charge is 0.459 e. The monoisotopic (exact) mass is 374 g/mol. The Morgan fingerprint density at radius 2 is 1.56 bits per heavy atom. The van der Waals surface area contributed by atoms with Gasteiger partial charge in [0.05, 0.1) is 5.92 Å². The highest BCUT2D eigenvalue weighted by Crippen LogP contribution is 2.61. The highest BCUT2D eigenvalue weighted by Gasteiger charge is 2.60. The standard InChI is InChI=1S/C23H34O4/c1-13(2)12-23(18-6-15-5-16(8-18)9-19(23)7-15)27-22(25)17-10-20(11-17)26-21(24)14(3)4/h13,15-20H,3,5-12H2,1-2,4H3. The zero-order chi connectivity index (χ0) is 19.3. The Balaban J connectivity index is 1.41. The second-order valence-corrected chi connectivity index (χ2v) is 10.3. The number of ether oxygens (including phenoxy) is 2. The smallest absolute Gasteiger partial charge is 0.333 e. The van der Waals surface area contributed by atoms with Crippen molar-refractivity contribution >= 4 is 11.9 Å². The molecule has 0 aromatic rings. The minimum atomic E-state index is -0.357. The molecule has 0 amide bonds. The molecule has 0 heterocycles. The van der Waals surface area contributed by atoms with Gasteiger partial charge >= 0.3 is 11.9 Å². The van der Waals surface area contributed by atoms with Crippen molar-refractivity contribution in [2.24, 2.45) is 35.5 Å². The maximum absolute atomic E-state index is 13.0. The summed E-state index contributed by atoms with van der Waals surface area (Å²) >= 11 is 0. The average Bonchev–Trinajstić information content (AvgIpc) is 2.53.